The van der Waals surface area contributed by atoms with E-state index in [4.69, 9.17) is 0 Å². The predicted octanol–water partition coefficient (Wildman–Crippen LogP) is 2.42. The van der Waals surface area contributed by atoms with E-state index in [-0.39, 0.29) is 24.1 Å². The first-order valence-corrected chi connectivity index (χ1v) is 10.7. The average Bonchev–Trinajstić information content (AvgIpc) is 3.36. The van der Waals surface area contributed by atoms with Crippen molar-refractivity contribution < 1.29 is 4.79 Å². The summed E-state index contributed by atoms with van der Waals surface area (Å²) in [6, 6.07) is 9.90. The van der Waals surface area contributed by atoms with Crippen molar-refractivity contribution in [3.63, 3.8) is 0 Å². The normalized spacial score (nSPS) is 16.0. The Kier molecular flexibility index (Phi) is 4.11. The standard InChI is InChI=1S/C23H21N7O2/c1-13-25-23-24-11-16-19(30(23)28-13)9-10-29(22(16)32)12-20(31)26-18-8-4-6-15-14-5-2-3-7-17(14)27-21(15)18/h2-3,5,7,9-11,18,27H,4,6,8,12H2,1H3,(H,26,31). The van der Waals surface area contributed by atoms with Crippen molar-refractivity contribution in [3.05, 3.63) is 70.2 Å². The fourth-order valence-corrected chi connectivity index (χ4v) is 4.74. The summed E-state index contributed by atoms with van der Waals surface area (Å²) in [6.45, 7) is 1.71. The molecule has 1 aromatic carbocycles. The van der Waals surface area contributed by atoms with Crippen LogP contribution in [0.15, 0.2) is 47.5 Å². The summed E-state index contributed by atoms with van der Waals surface area (Å²) in [5, 5.41) is 9.03. The van der Waals surface area contributed by atoms with Crippen molar-refractivity contribution in [2.45, 2.75) is 38.8 Å². The highest BCUT2D eigenvalue weighted by molar-refractivity contribution is 5.86. The zero-order valence-electron chi connectivity index (χ0n) is 17.5. The smallest absolute Gasteiger partial charge is 0.262 e. The summed E-state index contributed by atoms with van der Waals surface area (Å²) >= 11 is 0. The van der Waals surface area contributed by atoms with Gasteiger partial charge in [-0.25, -0.2) is 4.98 Å². The van der Waals surface area contributed by atoms with Gasteiger partial charge in [0.2, 0.25) is 5.91 Å². The van der Waals surface area contributed by atoms with Gasteiger partial charge in [0.25, 0.3) is 11.3 Å². The molecular formula is C23H21N7O2. The molecule has 0 radical (unpaired) electrons. The van der Waals surface area contributed by atoms with Gasteiger partial charge in [-0.2, -0.15) is 9.50 Å². The van der Waals surface area contributed by atoms with Gasteiger partial charge in [0.1, 0.15) is 12.4 Å². The molecule has 0 aliphatic heterocycles. The van der Waals surface area contributed by atoms with Crippen molar-refractivity contribution in [3.8, 4) is 0 Å². The molecule has 32 heavy (non-hydrogen) atoms. The number of hydrogen-bond donors (Lipinski definition) is 2. The molecular weight excluding hydrogens is 406 g/mol. The van der Waals surface area contributed by atoms with Crippen LogP contribution in [0, 0.1) is 6.92 Å². The number of carbonyl (C=O) groups excluding carboxylic acids is 1. The van der Waals surface area contributed by atoms with Crippen molar-refractivity contribution in [1.29, 1.82) is 0 Å². The van der Waals surface area contributed by atoms with E-state index in [1.165, 1.54) is 21.7 Å². The SMILES string of the molecule is Cc1nc2ncc3c(=O)n(CC(=O)NC4CCCc5c4[nH]c4ccccc54)ccc3n2n1. The minimum atomic E-state index is -0.282. The Bertz CT molecular complexity index is 1580. The first-order valence-electron chi connectivity index (χ1n) is 10.7. The van der Waals surface area contributed by atoms with Gasteiger partial charge < -0.3 is 14.9 Å². The number of carbonyl (C=O) groups is 1. The number of nitrogens with zero attached hydrogens (tertiary/aromatic N) is 5. The zero-order chi connectivity index (χ0) is 21.8. The van der Waals surface area contributed by atoms with Crippen molar-refractivity contribution >= 4 is 33.5 Å². The van der Waals surface area contributed by atoms with E-state index < -0.39 is 0 Å². The maximum absolute atomic E-state index is 13.0. The lowest BCUT2D eigenvalue weighted by Crippen LogP contribution is -2.36. The minimum absolute atomic E-state index is 0.0603. The van der Waals surface area contributed by atoms with Gasteiger partial charge in [0.15, 0.2) is 0 Å². The second kappa shape index (κ2) is 7.01. The second-order valence-electron chi connectivity index (χ2n) is 8.25. The first kappa shape index (κ1) is 18.7. The summed E-state index contributed by atoms with van der Waals surface area (Å²) in [4.78, 5) is 37.8. The Morgan fingerprint density at radius 1 is 1.25 bits per heavy atom. The predicted molar refractivity (Wildman–Crippen MR) is 119 cm³/mol. The molecule has 0 bridgehead atoms. The molecule has 0 fully saturated rings. The van der Waals surface area contributed by atoms with E-state index in [0.29, 0.717) is 22.5 Å². The average molecular weight is 427 g/mol. The van der Waals surface area contributed by atoms with Crippen LogP contribution in [0.25, 0.3) is 27.6 Å². The van der Waals surface area contributed by atoms with Crippen LogP contribution < -0.4 is 10.9 Å². The molecule has 5 aromatic rings. The molecule has 1 aliphatic carbocycles. The maximum atomic E-state index is 13.0. The number of benzene rings is 1. The summed E-state index contributed by atoms with van der Waals surface area (Å²) in [7, 11) is 0. The highest BCUT2D eigenvalue weighted by atomic mass is 16.2. The molecule has 1 atom stereocenters. The third-order valence-electron chi connectivity index (χ3n) is 6.18. The number of rotatable bonds is 3. The lowest BCUT2D eigenvalue weighted by Gasteiger charge is -2.24. The number of amides is 1. The molecule has 4 aromatic heterocycles. The van der Waals surface area contributed by atoms with Crippen LogP contribution in [-0.4, -0.2) is 35.0 Å². The van der Waals surface area contributed by atoms with Crippen molar-refractivity contribution in [1.82, 2.24) is 34.4 Å². The number of fused-ring (bicyclic) bond motifs is 6. The Morgan fingerprint density at radius 2 is 2.12 bits per heavy atom. The summed E-state index contributed by atoms with van der Waals surface area (Å²) in [6.07, 6.45) is 5.99. The number of nitrogens with one attached hydrogen (secondary N) is 2. The van der Waals surface area contributed by atoms with Crippen molar-refractivity contribution in [2.75, 3.05) is 0 Å². The lowest BCUT2D eigenvalue weighted by atomic mass is 9.91. The molecule has 1 unspecified atom stereocenters. The third-order valence-corrected chi connectivity index (χ3v) is 6.18. The van der Waals surface area contributed by atoms with E-state index in [0.717, 1.165) is 30.5 Å². The Labute approximate surface area is 182 Å². The first-order chi connectivity index (χ1) is 15.6. The molecule has 1 amide bonds. The van der Waals surface area contributed by atoms with Crippen LogP contribution >= 0.6 is 0 Å². The van der Waals surface area contributed by atoms with Gasteiger partial charge in [0, 0.05) is 29.0 Å². The second-order valence-corrected chi connectivity index (χ2v) is 8.25. The molecule has 9 heteroatoms. The van der Waals surface area contributed by atoms with Crippen LogP contribution in [0.5, 0.6) is 0 Å². The van der Waals surface area contributed by atoms with Gasteiger partial charge in [-0.15, -0.1) is 5.10 Å². The van der Waals surface area contributed by atoms with Gasteiger partial charge >= 0.3 is 0 Å². The third kappa shape index (κ3) is 2.89. The molecule has 0 saturated heterocycles. The van der Waals surface area contributed by atoms with Gasteiger partial charge in [0.05, 0.1) is 16.9 Å². The Morgan fingerprint density at radius 3 is 3.03 bits per heavy atom. The summed E-state index contributed by atoms with van der Waals surface area (Å²) in [5.74, 6) is 0.822. The van der Waals surface area contributed by atoms with E-state index >= 15 is 0 Å². The van der Waals surface area contributed by atoms with Crippen LogP contribution in [0.3, 0.4) is 0 Å². The summed E-state index contributed by atoms with van der Waals surface area (Å²) in [5.41, 5.74) is 3.78. The number of pyridine rings is 1. The van der Waals surface area contributed by atoms with Crippen LogP contribution in [-0.2, 0) is 17.8 Å². The fourth-order valence-electron chi connectivity index (χ4n) is 4.74. The molecule has 0 saturated carbocycles. The molecule has 1 aliphatic rings. The highest BCUT2D eigenvalue weighted by Gasteiger charge is 2.25. The molecule has 2 N–H and O–H groups in total. The number of para-hydroxylation sites is 1. The minimum Gasteiger partial charge on any atom is -0.356 e. The number of aromatic amines is 1. The number of H-pyrrole nitrogens is 1. The Balaban J connectivity index is 1.29. The van der Waals surface area contributed by atoms with Crippen molar-refractivity contribution in [2.24, 2.45) is 0 Å². The summed E-state index contributed by atoms with van der Waals surface area (Å²) < 4.78 is 2.96. The van der Waals surface area contributed by atoms with E-state index in [9.17, 15) is 9.59 Å². The number of aryl methyl sites for hydroxylation is 2. The monoisotopic (exact) mass is 427 g/mol. The molecule has 6 rings (SSSR count). The molecule has 160 valence electrons. The van der Waals surface area contributed by atoms with Gasteiger partial charge in [-0.05, 0) is 43.9 Å². The Hall–Kier alpha value is -4.01. The topological polar surface area (TPSA) is 110 Å². The molecule has 9 nitrogen and oxygen atoms in total. The van der Waals surface area contributed by atoms with E-state index in [1.54, 1.807) is 23.7 Å². The molecule has 0 spiro atoms. The van der Waals surface area contributed by atoms with Gasteiger partial charge in [-0.3, -0.25) is 9.59 Å². The fraction of sp³-hybridized carbons (Fsp3) is 0.261. The van der Waals surface area contributed by atoms with E-state index in [1.807, 2.05) is 12.1 Å². The molecule has 4 heterocycles. The number of hydrogen-bond acceptors (Lipinski definition) is 5. The zero-order valence-corrected chi connectivity index (χ0v) is 17.5. The van der Waals surface area contributed by atoms with Gasteiger partial charge in [-0.1, -0.05) is 18.2 Å². The van der Waals surface area contributed by atoms with Crippen LogP contribution in [0.1, 0.15) is 36.0 Å². The van der Waals surface area contributed by atoms with E-state index in [2.05, 4.69) is 37.5 Å². The lowest BCUT2D eigenvalue weighted by molar-refractivity contribution is -0.122. The van der Waals surface area contributed by atoms with Crippen LogP contribution in [0.2, 0.25) is 0 Å². The maximum Gasteiger partial charge on any atom is 0.262 e. The quantitative estimate of drug-likeness (QED) is 0.460. The highest BCUT2D eigenvalue weighted by Crippen LogP contribution is 2.34. The largest absolute Gasteiger partial charge is 0.356 e. The van der Waals surface area contributed by atoms with Crippen LogP contribution in [0.4, 0.5) is 0 Å². The number of aromatic nitrogens is 6.